The number of methoxy groups -OCH3 is 1. The number of aromatic hydroxyl groups is 1. The molecule has 2 fully saturated rings. The van der Waals surface area contributed by atoms with E-state index >= 15 is 0 Å². The van der Waals surface area contributed by atoms with Crippen LogP contribution in [0.2, 0.25) is 0 Å². The smallest absolute Gasteiger partial charge is 0.331 e. The number of carbonyl (C=O) groups is 1. The summed E-state index contributed by atoms with van der Waals surface area (Å²) in [4.78, 5) is 12.2. The van der Waals surface area contributed by atoms with Crippen molar-refractivity contribution < 1.29 is 19.4 Å². The molecule has 2 saturated carbocycles. The molecule has 0 saturated heterocycles. The first-order valence-electron chi connectivity index (χ1n) is 8.53. The van der Waals surface area contributed by atoms with Crippen molar-refractivity contribution in [3.63, 3.8) is 0 Å². The Hall–Kier alpha value is -1.97. The summed E-state index contributed by atoms with van der Waals surface area (Å²) in [6, 6.07) is 4.95. The molecule has 1 aromatic rings. The van der Waals surface area contributed by atoms with Crippen molar-refractivity contribution in [1.29, 1.82) is 0 Å². The lowest BCUT2D eigenvalue weighted by molar-refractivity contribution is -0.150. The van der Waals surface area contributed by atoms with Crippen LogP contribution in [-0.2, 0) is 9.53 Å². The summed E-state index contributed by atoms with van der Waals surface area (Å²) in [5, 5.41) is 9.60. The van der Waals surface area contributed by atoms with Crippen LogP contribution < -0.4 is 4.74 Å². The van der Waals surface area contributed by atoms with Crippen molar-refractivity contribution in [3.8, 4) is 11.5 Å². The van der Waals surface area contributed by atoms with Gasteiger partial charge in [0.2, 0.25) is 0 Å². The van der Waals surface area contributed by atoms with Gasteiger partial charge in [-0.1, -0.05) is 26.8 Å². The van der Waals surface area contributed by atoms with E-state index in [0.29, 0.717) is 11.7 Å². The highest BCUT2D eigenvalue weighted by Gasteiger charge is 2.62. The molecule has 0 amide bonds. The van der Waals surface area contributed by atoms with Gasteiger partial charge in [-0.3, -0.25) is 0 Å². The molecule has 3 rings (SSSR count). The minimum atomic E-state index is -0.309. The second-order valence-electron chi connectivity index (χ2n) is 7.80. The van der Waals surface area contributed by atoms with Crippen LogP contribution in [0, 0.1) is 16.7 Å². The molecule has 0 spiro atoms. The van der Waals surface area contributed by atoms with Gasteiger partial charge in [-0.25, -0.2) is 4.79 Å². The van der Waals surface area contributed by atoms with E-state index in [1.807, 2.05) is 0 Å². The van der Waals surface area contributed by atoms with E-state index in [1.165, 1.54) is 19.6 Å². The van der Waals surface area contributed by atoms with Crippen LogP contribution in [-0.4, -0.2) is 24.3 Å². The third-order valence-electron chi connectivity index (χ3n) is 6.59. The summed E-state index contributed by atoms with van der Waals surface area (Å²) in [6.07, 6.45) is 6.47. The molecule has 24 heavy (non-hydrogen) atoms. The third kappa shape index (κ3) is 2.58. The minimum Gasteiger partial charge on any atom is -0.504 e. The van der Waals surface area contributed by atoms with Crippen molar-refractivity contribution in [3.05, 3.63) is 29.8 Å². The van der Waals surface area contributed by atoms with E-state index in [0.717, 1.165) is 18.4 Å². The maximum absolute atomic E-state index is 12.2. The average molecular weight is 330 g/mol. The van der Waals surface area contributed by atoms with Gasteiger partial charge in [0.05, 0.1) is 7.11 Å². The summed E-state index contributed by atoms with van der Waals surface area (Å²) < 4.78 is 10.8. The molecule has 2 aliphatic rings. The molecule has 4 heteroatoms. The van der Waals surface area contributed by atoms with Gasteiger partial charge in [0.15, 0.2) is 11.5 Å². The number of phenols is 1. The van der Waals surface area contributed by atoms with E-state index in [1.54, 1.807) is 24.3 Å². The standard InChI is InChI=1S/C20H26O4/c1-19(2)14-9-10-20(19,3)17(12-14)24-18(22)8-6-13-5-7-15(21)16(11-13)23-4/h5-8,11,14,17,21H,9-10,12H2,1-4H3/b8-6+/t14?,17-,20+/m1/s1. The van der Waals surface area contributed by atoms with Gasteiger partial charge in [0, 0.05) is 11.5 Å². The number of ether oxygens (including phenoxy) is 2. The number of esters is 1. The Morgan fingerprint density at radius 2 is 2.08 bits per heavy atom. The van der Waals surface area contributed by atoms with Crippen LogP contribution in [0.25, 0.3) is 6.08 Å². The molecule has 2 aliphatic carbocycles. The van der Waals surface area contributed by atoms with Gasteiger partial charge in [-0.2, -0.15) is 0 Å². The van der Waals surface area contributed by atoms with Crippen molar-refractivity contribution in [1.82, 2.24) is 0 Å². The van der Waals surface area contributed by atoms with E-state index in [4.69, 9.17) is 9.47 Å². The molecule has 130 valence electrons. The van der Waals surface area contributed by atoms with Gasteiger partial charge in [-0.15, -0.1) is 0 Å². The average Bonchev–Trinajstić information content (AvgIpc) is 2.87. The molecular formula is C20H26O4. The molecule has 0 heterocycles. The van der Waals surface area contributed by atoms with Crippen molar-refractivity contribution >= 4 is 12.0 Å². The molecular weight excluding hydrogens is 304 g/mol. The van der Waals surface area contributed by atoms with Gasteiger partial charge in [-0.05, 0) is 54.4 Å². The largest absolute Gasteiger partial charge is 0.504 e. The number of hydrogen-bond acceptors (Lipinski definition) is 4. The summed E-state index contributed by atoms with van der Waals surface area (Å²) in [7, 11) is 1.49. The number of phenolic OH excluding ortho intramolecular Hbond substituents is 1. The van der Waals surface area contributed by atoms with E-state index in [9.17, 15) is 9.90 Å². The van der Waals surface area contributed by atoms with Gasteiger partial charge in [0.25, 0.3) is 0 Å². The summed E-state index contributed by atoms with van der Waals surface area (Å²) in [5.74, 6) is 0.796. The lowest BCUT2D eigenvalue weighted by Gasteiger charge is -2.38. The Bertz CT molecular complexity index is 676. The highest BCUT2D eigenvalue weighted by Crippen LogP contribution is 2.66. The Morgan fingerprint density at radius 1 is 1.33 bits per heavy atom. The SMILES string of the molecule is COc1cc(/C=C/C(=O)O[C@@H]2CC3CC[C@]2(C)C3(C)C)ccc1O. The lowest BCUT2D eigenvalue weighted by atomic mass is 9.70. The third-order valence-corrected chi connectivity index (χ3v) is 6.59. The summed E-state index contributed by atoms with van der Waals surface area (Å²) in [5.41, 5.74) is 1.08. The van der Waals surface area contributed by atoms with Crippen LogP contribution in [0.5, 0.6) is 11.5 Å². The second-order valence-corrected chi connectivity index (χ2v) is 7.80. The maximum atomic E-state index is 12.2. The van der Waals surface area contributed by atoms with Crippen molar-refractivity contribution in [2.75, 3.05) is 7.11 Å². The van der Waals surface area contributed by atoms with Crippen LogP contribution >= 0.6 is 0 Å². The number of rotatable bonds is 4. The fourth-order valence-electron chi connectivity index (χ4n) is 4.45. The van der Waals surface area contributed by atoms with Gasteiger partial charge < -0.3 is 14.6 Å². The second kappa shape index (κ2) is 5.83. The number of fused-ring (bicyclic) bond motifs is 2. The molecule has 1 unspecified atom stereocenters. The molecule has 0 aliphatic heterocycles. The topological polar surface area (TPSA) is 55.8 Å². The molecule has 0 aromatic heterocycles. The molecule has 0 radical (unpaired) electrons. The first-order valence-corrected chi connectivity index (χ1v) is 8.53. The number of carbonyl (C=O) groups excluding carboxylic acids is 1. The quantitative estimate of drug-likeness (QED) is 0.665. The normalized spacial score (nSPS) is 30.7. The van der Waals surface area contributed by atoms with Crippen molar-refractivity contribution in [2.45, 2.75) is 46.1 Å². The first-order chi connectivity index (χ1) is 11.3. The van der Waals surface area contributed by atoms with Gasteiger partial charge >= 0.3 is 5.97 Å². The van der Waals surface area contributed by atoms with Crippen LogP contribution in [0.3, 0.4) is 0 Å². The van der Waals surface area contributed by atoms with E-state index in [2.05, 4.69) is 20.8 Å². The highest BCUT2D eigenvalue weighted by molar-refractivity contribution is 5.87. The number of hydrogen-bond donors (Lipinski definition) is 1. The molecule has 4 nitrogen and oxygen atoms in total. The Kier molecular flexibility index (Phi) is 4.10. The van der Waals surface area contributed by atoms with E-state index < -0.39 is 0 Å². The Labute approximate surface area is 143 Å². The number of benzene rings is 1. The van der Waals surface area contributed by atoms with Crippen LogP contribution in [0.1, 0.15) is 45.6 Å². The summed E-state index contributed by atoms with van der Waals surface area (Å²) >= 11 is 0. The monoisotopic (exact) mass is 330 g/mol. The minimum absolute atomic E-state index is 0.00208. The zero-order chi connectivity index (χ0) is 17.5. The zero-order valence-corrected chi connectivity index (χ0v) is 14.8. The van der Waals surface area contributed by atoms with Crippen LogP contribution in [0.15, 0.2) is 24.3 Å². The maximum Gasteiger partial charge on any atom is 0.331 e. The fourth-order valence-corrected chi connectivity index (χ4v) is 4.45. The Balaban J connectivity index is 1.67. The Morgan fingerprint density at radius 3 is 2.67 bits per heavy atom. The van der Waals surface area contributed by atoms with Gasteiger partial charge in [0.1, 0.15) is 6.10 Å². The molecule has 3 atom stereocenters. The highest BCUT2D eigenvalue weighted by atomic mass is 16.5. The van der Waals surface area contributed by atoms with E-state index in [-0.39, 0.29) is 28.7 Å². The predicted octanol–water partition coefficient (Wildman–Crippen LogP) is 4.17. The first kappa shape index (κ1) is 16.9. The lowest BCUT2D eigenvalue weighted by Crippen LogP contribution is -2.38. The van der Waals surface area contributed by atoms with Crippen LogP contribution in [0.4, 0.5) is 0 Å². The molecule has 1 N–H and O–H groups in total. The summed E-state index contributed by atoms with van der Waals surface area (Å²) in [6.45, 7) is 6.86. The predicted molar refractivity (Wildman–Crippen MR) is 92.8 cm³/mol. The molecule has 2 bridgehead atoms. The van der Waals surface area contributed by atoms with Crippen molar-refractivity contribution in [2.24, 2.45) is 16.7 Å². The molecule has 1 aromatic carbocycles. The fraction of sp³-hybridized carbons (Fsp3) is 0.550. The zero-order valence-electron chi connectivity index (χ0n) is 14.8.